The molecule has 2 atom stereocenters. The molecule has 1 N–H and O–H groups in total. The summed E-state index contributed by atoms with van der Waals surface area (Å²) in [7, 11) is 1.65. The maximum Gasteiger partial charge on any atom is 0.407 e. The molecule has 0 aliphatic rings. The van der Waals surface area contributed by atoms with E-state index in [1.165, 1.54) is 0 Å². The molecule has 0 radical (unpaired) electrons. The fourth-order valence-electron chi connectivity index (χ4n) is 2.15. The van der Waals surface area contributed by atoms with Gasteiger partial charge in [0.05, 0.1) is 0 Å². The minimum atomic E-state index is -0.380. The standard InChI is InChI=1S/C16H25NO3/c1-5-11-17-16(18)20-14(6-2)15(19-4)13-10-8-7-9-12(13)3/h7-10,14-15H,5-6,11H2,1-4H3,(H,17,18). The molecule has 112 valence electrons. The molecule has 1 aromatic carbocycles. The lowest BCUT2D eigenvalue weighted by Crippen LogP contribution is -2.33. The van der Waals surface area contributed by atoms with Crippen molar-refractivity contribution >= 4 is 6.09 Å². The number of methoxy groups -OCH3 is 1. The minimum Gasteiger partial charge on any atom is -0.443 e. The van der Waals surface area contributed by atoms with Crippen LogP contribution in [-0.2, 0) is 9.47 Å². The molecule has 0 aromatic heterocycles. The van der Waals surface area contributed by atoms with E-state index in [0.29, 0.717) is 13.0 Å². The minimum absolute atomic E-state index is 0.242. The smallest absolute Gasteiger partial charge is 0.407 e. The normalized spacial score (nSPS) is 13.6. The number of rotatable bonds is 7. The molecule has 0 fully saturated rings. The second kappa shape index (κ2) is 8.59. The predicted molar refractivity (Wildman–Crippen MR) is 79.8 cm³/mol. The summed E-state index contributed by atoms with van der Waals surface area (Å²) in [4.78, 5) is 11.7. The van der Waals surface area contributed by atoms with E-state index in [2.05, 4.69) is 5.32 Å². The van der Waals surface area contributed by atoms with Crippen molar-refractivity contribution in [3.63, 3.8) is 0 Å². The number of hydrogen-bond acceptors (Lipinski definition) is 3. The van der Waals surface area contributed by atoms with Gasteiger partial charge in [-0.05, 0) is 30.9 Å². The average Bonchev–Trinajstić information content (AvgIpc) is 2.46. The van der Waals surface area contributed by atoms with E-state index in [1.807, 2.05) is 45.0 Å². The molecule has 0 spiro atoms. The van der Waals surface area contributed by atoms with Gasteiger partial charge < -0.3 is 14.8 Å². The lowest BCUT2D eigenvalue weighted by Gasteiger charge is -2.26. The Morgan fingerprint density at radius 1 is 1.30 bits per heavy atom. The zero-order valence-electron chi connectivity index (χ0n) is 12.8. The number of amides is 1. The number of ether oxygens (including phenoxy) is 2. The summed E-state index contributed by atoms with van der Waals surface area (Å²) < 4.78 is 11.1. The number of hydrogen-bond donors (Lipinski definition) is 1. The second-order valence-electron chi connectivity index (χ2n) is 4.79. The van der Waals surface area contributed by atoms with Crippen LogP contribution in [0, 0.1) is 6.92 Å². The third kappa shape index (κ3) is 4.53. The summed E-state index contributed by atoms with van der Waals surface area (Å²) in [6.07, 6.45) is 0.671. The molecule has 0 heterocycles. The zero-order valence-corrected chi connectivity index (χ0v) is 12.8. The number of alkyl carbamates (subject to hydrolysis) is 1. The van der Waals surface area contributed by atoms with E-state index in [9.17, 15) is 4.79 Å². The van der Waals surface area contributed by atoms with Crippen molar-refractivity contribution in [3.05, 3.63) is 35.4 Å². The molecular formula is C16H25NO3. The number of aryl methyl sites for hydroxylation is 1. The number of benzene rings is 1. The Balaban J connectivity index is 2.80. The van der Waals surface area contributed by atoms with Gasteiger partial charge in [-0.1, -0.05) is 38.1 Å². The highest BCUT2D eigenvalue weighted by Gasteiger charge is 2.26. The van der Waals surface area contributed by atoms with Crippen LogP contribution in [0.1, 0.15) is 43.9 Å². The monoisotopic (exact) mass is 279 g/mol. The summed E-state index contributed by atoms with van der Waals surface area (Å²) in [6, 6.07) is 8.00. The van der Waals surface area contributed by atoms with Gasteiger partial charge in [-0.25, -0.2) is 4.79 Å². The third-order valence-corrected chi connectivity index (χ3v) is 3.27. The van der Waals surface area contributed by atoms with Crippen LogP contribution >= 0.6 is 0 Å². The van der Waals surface area contributed by atoms with Crippen molar-refractivity contribution in [2.75, 3.05) is 13.7 Å². The van der Waals surface area contributed by atoms with E-state index in [0.717, 1.165) is 17.5 Å². The summed E-state index contributed by atoms with van der Waals surface area (Å²) in [6.45, 7) is 6.65. The van der Waals surface area contributed by atoms with Gasteiger partial charge >= 0.3 is 6.09 Å². The Kier molecular flexibility index (Phi) is 7.09. The van der Waals surface area contributed by atoms with E-state index >= 15 is 0 Å². The van der Waals surface area contributed by atoms with Crippen molar-refractivity contribution < 1.29 is 14.3 Å². The zero-order chi connectivity index (χ0) is 15.0. The molecule has 0 saturated heterocycles. The van der Waals surface area contributed by atoms with Gasteiger partial charge in [-0.15, -0.1) is 0 Å². The van der Waals surface area contributed by atoms with Crippen LogP contribution in [0.25, 0.3) is 0 Å². The van der Waals surface area contributed by atoms with Crippen molar-refractivity contribution in [1.82, 2.24) is 5.32 Å². The first-order chi connectivity index (χ1) is 9.63. The van der Waals surface area contributed by atoms with Crippen LogP contribution in [0.2, 0.25) is 0 Å². The molecule has 4 nitrogen and oxygen atoms in total. The van der Waals surface area contributed by atoms with Gasteiger partial charge in [0, 0.05) is 13.7 Å². The van der Waals surface area contributed by atoms with Crippen LogP contribution in [0.5, 0.6) is 0 Å². The lowest BCUT2D eigenvalue weighted by atomic mass is 9.98. The molecule has 0 aliphatic heterocycles. The van der Waals surface area contributed by atoms with Gasteiger partial charge in [-0.2, -0.15) is 0 Å². The van der Waals surface area contributed by atoms with E-state index in [4.69, 9.17) is 9.47 Å². The Morgan fingerprint density at radius 3 is 2.55 bits per heavy atom. The highest BCUT2D eigenvalue weighted by atomic mass is 16.6. The highest BCUT2D eigenvalue weighted by Crippen LogP contribution is 2.27. The molecule has 1 amide bonds. The van der Waals surface area contributed by atoms with E-state index in [1.54, 1.807) is 7.11 Å². The molecular weight excluding hydrogens is 254 g/mol. The van der Waals surface area contributed by atoms with Gasteiger partial charge in [0.25, 0.3) is 0 Å². The first kappa shape index (κ1) is 16.5. The van der Waals surface area contributed by atoms with Crippen LogP contribution in [0.4, 0.5) is 4.79 Å². The molecule has 0 aliphatic carbocycles. The van der Waals surface area contributed by atoms with Crippen molar-refractivity contribution in [2.45, 2.75) is 45.8 Å². The van der Waals surface area contributed by atoms with Crippen LogP contribution in [-0.4, -0.2) is 25.9 Å². The molecule has 20 heavy (non-hydrogen) atoms. The molecule has 1 rings (SSSR count). The van der Waals surface area contributed by atoms with Gasteiger partial charge in [-0.3, -0.25) is 0 Å². The fraction of sp³-hybridized carbons (Fsp3) is 0.562. The maximum atomic E-state index is 11.7. The SMILES string of the molecule is CCCNC(=O)OC(CC)C(OC)c1ccccc1C. The first-order valence-corrected chi connectivity index (χ1v) is 7.16. The Morgan fingerprint density at radius 2 is 2.00 bits per heavy atom. The molecule has 4 heteroatoms. The van der Waals surface area contributed by atoms with Gasteiger partial charge in [0.15, 0.2) is 0 Å². The summed E-state index contributed by atoms with van der Waals surface area (Å²) in [5.74, 6) is 0. The fourth-order valence-corrected chi connectivity index (χ4v) is 2.15. The summed E-state index contributed by atoms with van der Waals surface area (Å²) in [5, 5.41) is 2.73. The number of carbonyl (C=O) groups is 1. The quantitative estimate of drug-likeness (QED) is 0.829. The molecule has 0 bridgehead atoms. The Bertz CT molecular complexity index is 420. The third-order valence-electron chi connectivity index (χ3n) is 3.27. The van der Waals surface area contributed by atoms with Crippen LogP contribution < -0.4 is 5.32 Å². The van der Waals surface area contributed by atoms with Crippen LogP contribution in [0.15, 0.2) is 24.3 Å². The van der Waals surface area contributed by atoms with Gasteiger partial charge in [0.1, 0.15) is 12.2 Å². The maximum absolute atomic E-state index is 11.7. The molecule has 1 aromatic rings. The van der Waals surface area contributed by atoms with Crippen molar-refractivity contribution in [2.24, 2.45) is 0 Å². The summed E-state index contributed by atoms with van der Waals surface area (Å²) in [5.41, 5.74) is 2.19. The molecule has 0 saturated carbocycles. The van der Waals surface area contributed by atoms with Crippen molar-refractivity contribution in [3.8, 4) is 0 Å². The number of nitrogens with one attached hydrogen (secondary N) is 1. The Hall–Kier alpha value is -1.55. The highest BCUT2D eigenvalue weighted by molar-refractivity contribution is 5.67. The number of carbonyl (C=O) groups excluding carboxylic acids is 1. The van der Waals surface area contributed by atoms with Crippen molar-refractivity contribution in [1.29, 1.82) is 0 Å². The lowest BCUT2D eigenvalue weighted by molar-refractivity contribution is -0.0256. The average molecular weight is 279 g/mol. The molecule has 2 unspecified atom stereocenters. The van der Waals surface area contributed by atoms with Crippen LogP contribution in [0.3, 0.4) is 0 Å². The first-order valence-electron chi connectivity index (χ1n) is 7.16. The summed E-state index contributed by atoms with van der Waals surface area (Å²) >= 11 is 0. The van der Waals surface area contributed by atoms with Gasteiger partial charge in [0.2, 0.25) is 0 Å². The topological polar surface area (TPSA) is 47.6 Å². The largest absolute Gasteiger partial charge is 0.443 e. The van der Waals surface area contributed by atoms with E-state index < -0.39 is 0 Å². The second-order valence-corrected chi connectivity index (χ2v) is 4.79. The van der Waals surface area contributed by atoms with E-state index in [-0.39, 0.29) is 18.3 Å². The Labute approximate surface area is 121 Å². The predicted octanol–water partition coefficient (Wildman–Crippen LogP) is 3.60.